The van der Waals surface area contributed by atoms with Gasteiger partial charge in [-0.05, 0) is 43.5 Å². The average Bonchev–Trinajstić information content (AvgIpc) is 3.32. The highest BCUT2D eigenvalue weighted by atomic mass is 16.5. The Balaban J connectivity index is 1.59. The van der Waals surface area contributed by atoms with Gasteiger partial charge < -0.3 is 15.2 Å². The highest BCUT2D eigenvalue weighted by Crippen LogP contribution is 2.28. The quantitative estimate of drug-likeness (QED) is 0.873. The third kappa shape index (κ3) is 3.96. The zero-order valence-corrected chi connectivity index (χ0v) is 12.8. The van der Waals surface area contributed by atoms with Gasteiger partial charge in [0.1, 0.15) is 5.75 Å². The van der Waals surface area contributed by atoms with Gasteiger partial charge in [0.25, 0.3) is 0 Å². The van der Waals surface area contributed by atoms with Crippen LogP contribution in [0.3, 0.4) is 0 Å². The SMILES string of the molecule is CCCN1CCOC(C(N)c2ccc(OC3CC3)cc2)C1. The van der Waals surface area contributed by atoms with Crippen molar-refractivity contribution in [3.05, 3.63) is 29.8 Å². The molecule has 2 N–H and O–H groups in total. The van der Waals surface area contributed by atoms with Gasteiger partial charge >= 0.3 is 0 Å². The molecular weight excluding hydrogens is 264 g/mol. The van der Waals surface area contributed by atoms with Crippen molar-refractivity contribution in [3.8, 4) is 5.75 Å². The van der Waals surface area contributed by atoms with Crippen molar-refractivity contribution in [1.82, 2.24) is 4.90 Å². The van der Waals surface area contributed by atoms with Crippen LogP contribution in [0.25, 0.3) is 0 Å². The van der Waals surface area contributed by atoms with Crippen molar-refractivity contribution in [1.29, 1.82) is 0 Å². The maximum atomic E-state index is 6.40. The number of nitrogens with zero attached hydrogens (tertiary/aromatic N) is 1. The first-order valence-electron chi connectivity index (χ1n) is 8.12. The second-order valence-electron chi connectivity index (χ2n) is 6.12. The molecule has 0 spiro atoms. The first kappa shape index (κ1) is 14.8. The molecule has 4 heteroatoms. The summed E-state index contributed by atoms with van der Waals surface area (Å²) in [6.45, 7) is 6.06. The van der Waals surface area contributed by atoms with Crippen LogP contribution in [0.2, 0.25) is 0 Å². The summed E-state index contributed by atoms with van der Waals surface area (Å²) in [4.78, 5) is 2.44. The number of morpholine rings is 1. The Labute approximate surface area is 127 Å². The van der Waals surface area contributed by atoms with Gasteiger partial charge in [-0.3, -0.25) is 4.90 Å². The van der Waals surface area contributed by atoms with E-state index in [1.807, 2.05) is 12.1 Å². The summed E-state index contributed by atoms with van der Waals surface area (Å²) < 4.78 is 11.7. The smallest absolute Gasteiger partial charge is 0.119 e. The number of nitrogens with two attached hydrogens (primary N) is 1. The lowest BCUT2D eigenvalue weighted by molar-refractivity contribution is -0.0408. The molecule has 0 bridgehead atoms. The summed E-state index contributed by atoms with van der Waals surface area (Å²) in [5.41, 5.74) is 7.53. The van der Waals surface area contributed by atoms with Crippen molar-refractivity contribution in [2.75, 3.05) is 26.2 Å². The van der Waals surface area contributed by atoms with Crippen LogP contribution in [0, 0.1) is 0 Å². The second kappa shape index (κ2) is 6.77. The van der Waals surface area contributed by atoms with Crippen molar-refractivity contribution < 1.29 is 9.47 Å². The number of rotatable bonds is 6. The summed E-state index contributed by atoms with van der Waals surface area (Å²) in [5.74, 6) is 0.950. The minimum Gasteiger partial charge on any atom is -0.490 e. The van der Waals surface area contributed by atoms with Gasteiger partial charge in [-0.15, -0.1) is 0 Å². The van der Waals surface area contributed by atoms with Crippen molar-refractivity contribution in [3.63, 3.8) is 0 Å². The summed E-state index contributed by atoms with van der Waals surface area (Å²) in [6, 6.07) is 8.13. The first-order valence-corrected chi connectivity index (χ1v) is 8.12. The third-order valence-corrected chi connectivity index (χ3v) is 4.21. The molecule has 1 aliphatic heterocycles. The van der Waals surface area contributed by atoms with Gasteiger partial charge in [0, 0.05) is 13.1 Å². The molecule has 116 valence electrons. The minimum absolute atomic E-state index is 0.0698. The summed E-state index contributed by atoms with van der Waals surface area (Å²) in [5, 5.41) is 0. The Hall–Kier alpha value is -1.10. The van der Waals surface area contributed by atoms with Gasteiger partial charge in [-0.2, -0.15) is 0 Å². The molecule has 2 unspecified atom stereocenters. The van der Waals surface area contributed by atoms with Crippen LogP contribution >= 0.6 is 0 Å². The minimum atomic E-state index is -0.0698. The average molecular weight is 290 g/mol. The van der Waals surface area contributed by atoms with E-state index in [0.29, 0.717) is 6.10 Å². The molecule has 4 nitrogen and oxygen atoms in total. The Kier molecular flexibility index (Phi) is 4.78. The molecule has 1 aromatic carbocycles. The molecule has 0 amide bonds. The molecule has 21 heavy (non-hydrogen) atoms. The highest BCUT2D eigenvalue weighted by molar-refractivity contribution is 5.30. The molecule has 1 aliphatic carbocycles. The fourth-order valence-corrected chi connectivity index (χ4v) is 2.83. The van der Waals surface area contributed by atoms with E-state index in [1.165, 1.54) is 19.3 Å². The Bertz CT molecular complexity index is 443. The summed E-state index contributed by atoms with van der Waals surface area (Å²) >= 11 is 0. The van der Waals surface area contributed by atoms with Crippen LogP contribution in [-0.2, 0) is 4.74 Å². The second-order valence-corrected chi connectivity index (χ2v) is 6.12. The van der Waals surface area contributed by atoms with E-state index in [-0.39, 0.29) is 12.1 Å². The van der Waals surface area contributed by atoms with Gasteiger partial charge in [0.05, 0.1) is 24.9 Å². The molecular formula is C17H26N2O2. The molecule has 3 rings (SSSR count). The topological polar surface area (TPSA) is 47.7 Å². The lowest BCUT2D eigenvalue weighted by Crippen LogP contribution is -2.47. The largest absolute Gasteiger partial charge is 0.490 e. The van der Waals surface area contributed by atoms with E-state index < -0.39 is 0 Å². The normalized spacial score (nSPS) is 24.8. The van der Waals surface area contributed by atoms with Crippen LogP contribution < -0.4 is 10.5 Å². The molecule has 2 atom stereocenters. The molecule has 0 aromatic heterocycles. The molecule has 0 radical (unpaired) electrons. The number of benzene rings is 1. The van der Waals surface area contributed by atoms with E-state index in [4.69, 9.17) is 15.2 Å². The van der Waals surface area contributed by atoms with Gasteiger partial charge in [0.2, 0.25) is 0 Å². The molecule has 2 aliphatic rings. The Morgan fingerprint density at radius 3 is 2.76 bits per heavy atom. The standard InChI is InChI=1S/C17H26N2O2/c1-2-9-19-10-11-20-16(12-19)17(18)13-3-5-14(6-4-13)21-15-7-8-15/h3-6,15-17H,2,7-12,18H2,1H3. The van der Waals surface area contributed by atoms with E-state index in [1.54, 1.807) is 0 Å². The highest BCUT2D eigenvalue weighted by Gasteiger charge is 2.27. The predicted molar refractivity (Wildman–Crippen MR) is 83.5 cm³/mol. The lowest BCUT2D eigenvalue weighted by atomic mass is 10.0. The van der Waals surface area contributed by atoms with E-state index in [9.17, 15) is 0 Å². The molecule has 1 saturated heterocycles. The van der Waals surface area contributed by atoms with Crippen LogP contribution in [0.4, 0.5) is 0 Å². The third-order valence-electron chi connectivity index (χ3n) is 4.21. The van der Waals surface area contributed by atoms with E-state index in [2.05, 4.69) is 24.0 Å². The van der Waals surface area contributed by atoms with E-state index >= 15 is 0 Å². The van der Waals surface area contributed by atoms with Crippen LogP contribution in [0.1, 0.15) is 37.8 Å². The van der Waals surface area contributed by atoms with Crippen molar-refractivity contribution in [2.24, 2.45) is 5.73 Å². The first-order chi connectivity index (χ1) is 10.3. The van der Waals surface area contributed by atoms with Crippen LogP contribution in [0.5, 0.6) is 5.75 Å². The van der Waals surface area contributed by atoms with Gasteiger partial charge in [0.15, 0.2) is 0 Å². The van der Waals surface area contributed by atoms with Crippen molar-refractivity contribution in [2.45, 2.75) is 44.4 Å². The fraction of sp³-hybridized carbons (Fsp3) is 0.647. The van der Waals surface area contributed by atoms with Crippen LogP contribution in [0.15, 0.2) is 24.3 Å². The molecule has 1 aromatic rings. The van der Waals surface area contributed by atoms with Gasteiger partial charge in [-0.25, -0.2) is 0 Å². The van der Waals surface area contributed by atoms with E-state index in [0.717, 1.165) is 37.6 Å². The maximum Gasteiger partial charge on any atom is 0.119 e. The monoisotopic (exact) mass is 290 g/mol. The van der Waals surface area contributed by atoms with Crippen molar-refractivity contribution >= 4 is 0 Å². The molecule has 2 fully saturated rings. The Morgan fingerprint density at radius 2 is 2.10 bits per heavy atom. The Morgan fingerprint density at radius 1 is 1.33 bits per heavy atom. The molecule has 1 saturated carbocycles. The predicted octanol–water partition coefficient (Wildman–Crippen LogP) is 2.34. The number of hydrogen-bond acceptors (Lipinski definition) is 4. The number of ether oxygens (including phenoxy) is 2. The summed E-state index contributed by atoms with van der Waals surface area (Å²) in [6.07, 6.45) is 4.07. The zero-order chi connectivity index (χ0) is 14.7. The van der Waals surface area contributed by atoms with Gasteiger partial charge in [-0.1, -0.05) is 19.1 Å². The molecule has 1 heterocycles. The maximum absolute atomic E-state index is 6.40. The summed E-state index contributed by atoms with van der Waals surface area (Å²) in [7, 11) is 0. The lowest BCUT2D eigenvalue weighted by Gasteiger charge is -2.35. The zero-order valence-electron chi connectivity index (χ0n) is 12.8. The number of hydrogen-bond donors (Lipinski definition) is 1. The fourth-order valence-electron chi connectivity index (χ4n) is 2.83. The van der Waals surface area contributed by atoms with Crippen LogP contribution in [-0.4, -0.2) is 43.3 Å².